The lowest BCUT2D eigenvalue weighted by Gasteiger charge is -2.41. The third-order valence-electron chi connectivity index (χ3n) is 3.81. The average Bonchev–Trinajstić information content (AvgIpc) is 2.38. The van der Waals surface area contributed by atoms with E-state index in [4.69, 9.17) is 9.84 Å². The summed E-state index contributed by atoms with van der Waals surface area (Å²) in [7, 11) is 1.57. The number of nitrogens with one attached hydrogen (secondary N) is 1. The molecule has 6 heteroatoms. The van der Waals surface area contributed by atoms with Gasteiger partial charge in [0.2, 0.25) is 5.91 Å². The standard InChI is InChI=1S/C15H18BrNO4/c1-21-11-3-4-12(16)10(7-11)8-13(18)17-15(5-2-6-15)9-14(19)20/h3-4,7H,2,5-6,8-9H2,1H3,(H,17,18)(H,19,20). The molecule has 2 N–H and O–H groups in total. The second kappa shape index (κ2) is 6.47. The summed E-state index contributed by atoms with van der Waals surface area (Å²) in [5.41, 5.74) is 0.255. The quantitative estimate of drug-likeness (QED) is 0.821. The van der Waals surface area contributed by atoms with E-state index in [0.29, 0.717) is 5.75 Å². The number of ether oxygens (including phenoxy) is 1. The van der Waals surface area contributed by atoms with Gasteiger partial charge in [0.15, 0.2) is 0 Å². The second-order valence-corrected chi connectivity index (χ2v) is 6.24. The smallest absolute Gasteiger partial charge is 0.305 e. The van der Waals surface area contributed by atoms with Gasteiger partial charge in [-0.3, -0.25) is 9.59 Å². The number of methoxy groups -OCH3 is 1. The molecule has 1 fully saturated rings. The molecule has 1 aromatic carbocycles. The van der Waals surface area contributed by atoms with Crippen molar-refractivity contribution in [2.45, 2.75) is 37.6 Å². The number of hydrogen-bond donors (Lipinski definition) is 2. The van der Waals surface area contributed by atoms with E-state index in [-0.39, 0.29) is 18.7 Å². The first-order valence-corrected chi connectivity index (χ1v) is 7.59. The maximum Gasteiger partial charge on any atom is 0.305 e. The zero-order valence-electron chi connectivity index (χ0n) is 11.8. The van der Waals surface area contributed by atoms with Crippen LogP contribution < -0.4 is 10.1 Å². The molecule has 0 atom stereocenters. The Labute approximate surface area is 131 Å². The van der Waals surface area contributed by atoms with Crippen LogP contribution in [-0.4, -0.2) is 29.6 Å². The molecule has 0 bridgehead atoms. The molecule has 1 saturated carbocycles. The Morgan fingerprint density at radius 1 is 1.43 bits per heavy atom. The van der Waals surface area contributed by atoms with Gasteiger partial charge in [0, 0.05) is 4.47 Å². The Bertz CT molecular complexity index is 555. The third-order valence-corrected chi connectivity index (χ3v) is 4.58. The highest BCUT2D eigenvalue weighted by molar-refractivity contribution is 9.10. The number of rotatable bonds is 6. The fourth-order valence-corrected chi connectivity index (χ4v) is 2.95. The van der Waals surface area contributed by atoms with Crippen LogP contribution in [0.5, 0.6) is 5.75 Å². The fourth-order valence-electron chi connectivity index (χ4n) is 2.57. The molecule has 0 aliphatic heterocycles. The van der Waals surface area contributed by atoms with E-state index in [0.717, 1.165) is 29.3 Å². The van der Waals surface area contributed by atoms with Crippen LogP contribution in [-0.2, 0) is 16.0 Å². The molecule has 1 amide bonds. The summed E-state index contributed by atoms with van der Waals surface area (Å²) in [6.45, 7) is 0. The molecule has 0 aromatic heterocycles. The summed E-state index contributed by atoms with van der Waals surface area (Å²) < 4.78 is 5.98. The van der Waals surface area contributed by atoms with Crippen LogP contribution in [0, 0.1) is 0 Å². The second-order valence-electron chi connectivity index (χ2n) is 5.39. The van der Waals surface area contributed by atoms with Crippen LogP contribution in [0.4, 0.5) is 0 Å². The minimum Gasteiger partial charge on any atom is -0.497 e. The van der Waals surface area contributed by atoms with Gasteiger partial charge in [0.1, 0.15) is 5.75 Å². The van der Waals surface area contributed by atoms with Crippen LogP contribution in [0.2, 0.25) is 0 Å². The first-order chi connectivity index (χ1) is 9.94. The van der Waals surface area contributed by atoms with Crippen LogP contribution in [0.1, 0.15) is 31.2 Å². The number of hydrogen-bond acceptors (Lipinski definition) is 3. The Kier molecular flexibility index (Phi) is 4.88. The van der Waals surface area contributed by atoms with E-state index in [1.54, 1.807) is 13.2 Å². The molecule has 114 valence electrons. The van der Waals surface area contributed by atoms with Gasteiger partial charge in [-0.25, -0.2) is 0 Å². The topological polar surface area (TPSA) is 75.6 Å². The molecule has 2 rings (SSSR count). The van der Waals surface area contributed by atoms with Crippen molar-refractivity contribution in [2.24, 2.45) is 0 Å². The Morgan fingerprint density at radius 2 is 2.14 bits per heavy atom. The van der Waals surface area contributed by atoms with Gasteiger partial charge in [-0.15, -0.1) is 0 Å². The summed E-state index contributed by atoms with van der Waals surface area (Å²) in [5.74, 6) is -0.354. The van der Waals surface area contributed by atoms with Crippen molar-refractivity contribution in [3.8, 4) is 5.75 Å². The Balaban J connectivity index is 2.03. The highest BCUT2D eigenvalue weighted by atomic mass is 79.9. The van der Waals surface area contributed by atoms with Gasteiger partial charge in [0.05, 0.1) is 25.5 Å². The van der Waals surface area contributed by atoms with Gasteiger partial charge in [-0.2, -0.15) is 0 Å². The average molecular weight is 356 g/mol. The summed E-state index contributed by atoms with van der Waals surface area (Å²) in [5, 5.41) is 11.8. The van der Waals surface area contributed by atoms with E-state index in [2.05, 4.69) is 21.2 Å². The summed E-state index contributed by atoms with van der Waals surface area (Å²) in [4.78, 5) is 23.1. The van der Waals surface area contributed by atoms with E-state index in [1.807, 2.05) is 12.1 Å². The molecule has 1 aliphatic carbocycles. The lowest BCUT2D eigenvalue weighted by atomic mass is 9.74. The lowest BCUT2D eigenvalue weighted by molar-refractivity contribution is -0.140. The fraction of sp³-hybridized carbons (Fsp3) is 0.467. The van der Waals surface area contributed by atoms with Crippen molar-refractivity contribution in [1.29, 1.82) is 0 Å². The van der Waals surface area contributed by atoms with Crippen molar-refractivity contribution in [2.75, 3.05) is 7.11 Å². The Morgan fingerprint density at radius 3 is 2.67 bits per heavy atom. The predicted molar refractivity (Wildman–Crippen MR) is 81.4 cm³/mol. The minimum atomic E-state index is -0.877. The van der Waals surface area contributed by atoms with Crippen LogP contribution in [0.3, 0.4) is 0 Å². The Hall–Kier alpha value is -1.56. The maximum atomic E-state index is 12.2. The van der Waals surface area contributed by atoms with Crippen molar-refractivity contribution in [3.63, 3.8) is 0 Å². The van der Waals surface area contributed by atoms with Gasteiger partial charge in [0.25, 0.3) is 0 Å². The minimum absolute atomic E-state index is 0.0159. The van der Waals surface area contributed by atoms with Crippen molar-refractivity contribution < 1.29 is 19.4 Å². The first kappa shape index (κ1) is 15.8. The molecule has 21 heavy (non-hydrogen) atoms. The molecule has 5 nitrogen and oxygen atoms in total. The molecule has 1 aromatic rings. The number of amides is 1. The lowest BCUT2D eigenvalue weighted by Crippen LogP contribution is -2.55. The summed E-state index contributed by atoms with van der Waals surface area (Å²) in [6, 6.07) is 5.44. The number of carboxylic acids is 1. The van der Waals surface area contributed by atoms with Crippen LogP contribution in [0.25, 0.3) is 0 Å². The monoisotopic (exact) mass is 355 g/mol. The van der Waals surface area contributed by atoms with Crippen LogP contribution >= 0.6 is 15.9 Å². The highest BCUT2D eigenvalue weighted by Crippen LogP contribution is 2.35. The van der Waals surface area contributed by atoms with Gasteiger partial charge in [-0.05, 0) is 43.0 Å². The number of aliphatic carboxylic acids is 1. The summed E-state index contributed by atoms with van der Waals surface area (Å²) in [6.07, 6.45) is 2.59. The van der Waals surface area contributed by atoms with E-state index >= 15 is 0 Å². The molecular weight excluding hydrogens is 338 g/mol. The van der Waals surface area contributed by atoms with Crippen molar-refractivity contribution in [1.82, 2.24) is 5.32 Å². The normalized spacial score (nSPS) is 15.9. The predicted octanol–water partition coefficient (Wildman–Crippen LogP) is 2.51. The number of halogens is 1. The molecule has 0 unspecified atom stereocenters. The van der Waals surface area contributed by atoms with E-state index < -0.39 is 11.5 Å². The van der Waals surface area contributed by atoms with Gasteiger partial charge in [-0.1, -0.05) is 15.9 Å². The molecule has 0 saturated heterocycles. The molecule has 1 aliphatic rings. The zero-order valence-corrected chi connectivity index (χ0v) is 13.4. The molecule has 0 radical (unpaired) electrons. The SMILES string of the molecule is COc1ccc(Br)c(CC(=O)NC2(CC(=O)O)CCC2)c1. The molecule has 0 heterocycles. The highest BCUT2D eigenvalue weighted by Gasteiger charge is 2.40. The molecule has 0 spiro atoms. The van der Waals surface area contributed by atoms with E-state index in [9.17, 15) is 9.59 Å². The van der Waals surface area contributed by atoms with Crippen molar-refractivity contribution in [3.05, 3.63) is 28.2 Å². The van der Waals surface area contributed by atoms with Gasteiger partial charge >= 0.3 is 5.97 Å². The number of benzene rings is 1. The largest absolute Gasteiger partial charge is 0.497 e. The van der Waals surface area contributed by atoms with Gasteiger partial charge < -0.3 is 15.2 Å². The summed E-state index contributed by atoms with van der Waals surface area (Å²) >= 11 is 3.41. The van der Waals surface area contributed by atoms with Crippen molar-refractivity contribution >= 4 is 27.8 Å². The number of carbonyl (C=O) groups is 2. The zero-order chi connectivity index (χ0) is 15.5. The molecular formula is C15H18BrNO4. The number of carbonyl (C=O) groups excluding carboxylic acids is 1. The first-order valence-electron chi connectivity index (χ1n) is 6.79. The third kappa shape index (κ3) is 3.97. The van der Waals surface area contributed by atoms with E-state index in [1.165, 1.54) is 0 Å². The maximum absolute atomic E-state index is 12.2. The van der Waals surface area contributed by atoms with Crippen LogP contribution in [0.15, 0.2) is 22.7 Å². The number of carboxylic acid groups (broad SMARTS) is 1.